The Morgan fingerprint density at radius 3 is 2.58 bits per heavy atom. The number of hydrogen-bond donors (Lipinski definition) is 2. The van der Waals surface area contributed by atoms with Crippen molar-refractivity contribution in [1.29, 1.82) is 0 Å². The maximum atomic E-state index is 5.93. The van der Waals surface area contributed by atoms with E-state index in [9.17, 15) is 0 Å². The third kappa shape index (κ3) is 6.80. The number of nitrogens with zero attached hydrogens (tertiary/aromatic N) is 1. The van der Waals surface area contributed by atoms with Crippen molar-refractivity contribution >= 4 is 46.1 Å². The standard InChI is InChI=1S/C19H22IN3O2S/c1-3-21-19(26)23-22-12-15-7-10-17(18(11-15)24-4-2)25-13-14-5-8-16(20)9-6-14/h5-12H,3-4,13H2,1-2H3,(H2,21,23,26). The summed E-state index contributed by atoms with van der Waals surface area (Å²) in [7, 11) is 0. The van der Waals surface area contributed by atoms with E-state index < -0.39 is 0 Å². The van der Waals surface area contributed by atoms with Gasteiger partial charge in [-0.05, 0) is 90.1 Å². The summed E-state index contributed by atoms with van der Waals surface area (Å²) >= 11 is 7.35. The van der Waals surface area contributed by atoms with E-state index in [-0.39, 0.29) is 0 Å². The Balaban J connectivity index is 2.03. The first-order valence-corrected chi connectivity index (χ1v) is 9.82. The number of thiocarbonyl (C=S) groups is 1. The van der Waals surface area contributed by atoms with Gasteiger partial charge >= 0.3 is 0 Å². The van der Waals surface area contributed by atoms with Gasteiger partial charge in [-0.1, -0.05) is 12.1 Å². The molecule has 2 rings (SSSR count). The van der Waals surface area contributed by atoms with E-state index in [1.165, 1.54) is 3.57 Å². The first kappa shape index (κ1) is 20.4. The van der Waals surface area contributed by atoms with Crippen LogP contribution in [0.15, 0.2) is 47.6 Å². The molecule has 2 N–H and O–H groups in total. The number of nitrogens with one attached hydrogen (secondary N) is 2. The molecule has 0 fully saturated rings. The van der Waals surface area contributed by atoms with Gasteiger partial charge in [0.2, 0.25) is 0 Å². The van der Waals surface area contributed by atoms with Crippen LogP contribution in [0.2, 0.25) is 0 Å². The van der Waals surface area contributed by atoms with Crippen LogP contribution < -0.4 is 20.2 Å². The van der Waals surface area contributed by atoms with Crippen LogP contribution in [-0.4, -0.2) is 24.5 Å². The summed E-state index contributed by atoms with van der Waals surface area (Å²) < 4.78 is 12.8. The fraction of sp³-hybridized carbons (Fsp3) is 0.263. The lowest BCUT2D eigenvalue weighted by molar-refractivity contribution is 0.269. The van der Waals surface area contributed by atoms with Crippen molar-refractivity contribution in [1.82, 2.24) is 10.7 Å². The van der Waals surface area contributed by atoms with Crippen LogP contribution in [0.3, 0.4) is 0 Å². The predicted molar refractivity (Wildman–Crippen MR) is 118 cm³/mol. The van der Waals surface area contributed by atoms with Crippen LogP contribution in [0.1, 0.15) is 25.0 Å². The monoisotopic (exact) mass is 483 g/mol. The van der Waals surface area contributed by atoms with Crippen LogP contribution in [0.4, 0.5) is 0 Å². The number of halogens is 1. The Bertz CT molecular complexity index is 751. The van der Waals surface area contributed by atoms with Crippen molar-refractivity contribution in [2.24, 2.45) is 5.10 Å². The molecule has 0 aliphatic heterocycles. The zero-order chi connectivity index (χ0) is 18.8. The van der Waals surface area contributed by atoms with Gasteiger partial charge in [-0.25, -0.2) is 0 Å². The SMILES string of the molecule is CCNC(=S)NN=Cc1ccc(OCc2ccc(I)cc2)c(OCC)c1. The Hall–Kier alpha value is -1.87. The molecule has 0 bridgehead atoms. The summed E-state index contributed by atoms with van der Waals surface area (Å²) in [5, 5.41) is 7.58. The average Bonchev–Trinajstić information content (AvgIpc) is 2.63. The minimum Gasteiger partial charge on any atom is -0.490 e. The molecule has 0 spiro atoms. The quantitative estimate of drug-likeness (QED) is 0.257. The summed E-state index contributed by atoms with van der Waals surface area (Å²) in [4.78, 5) is 0. The maximum Gasteiger partial charge on any atom is 0.186 e. The van der Waals surface area contributed by atoms with Gasteiger partial charge in [0.15, 0.2) is 16.6 Å². The van der Waals surface area contributed by atoms with Gasteiger partial charge in [0.1, 0.15) is 6.61 Å². The summed E-state index contributed by atoms with van der Waals surface area (Å²) in [6.45, 7) is 5.72. The largest absolute Gasteiger partial charge is 0.490 e. The first-order chi connectivity index (χ1) is 12.6. The summed E-state index contributed by atoms with van der Waals surface area (Å²) in [6, 6.07) is 14.0. The zero-order valence-electron chi connectivity index (χ0n) is 14.8. The molecule has 0 heterocycles. The molecule has 138 valence electrons. The van der Waals surface area contributed by atoms with Crippen LogP contribution in [0.25, 0.3) is 0 Å². The maximum absolute atomic E-state index is 5.93. The molecule has 7 heteroatoms. The molecule has 0 aliphatic rings. The van der Waals surface area contributed by atoms with E-state index in [1.54, 1.807) is 6.21 Å². The van der Waals surface area contributed by atoms with E-state index in [1.807, 2.05) is 32.0 Å². The molecule has 0 atom stereocenters. The lowest BCUT2D eigenvalue weighted by Gasteiger charge is -2.12. The minimum absolute atomic E-state index is 0.489. The Morgan fingerprint density at radius 1 is 1.12 bits per heavy atom. The van der Waals surface area contributed by atoms with E-state index in [0.717, 1.165) is 17.7 Å². The number of ether oxygens (including phenoxy) is 2. The molecule has 2 aromatic rings. The minimum atomic E-state index is 0.489. The molecule has 0 amide bonds. The van der Waals surface area contributed by atoms with Crippen molar-refractivity contribution in [2.75, 3.05) is 13.2 Å². The molecule has 0 aromatic heterocycles. The second kappa shape index (κ2) is 11.0. The van der Waals surface area contributed by atoms with Gasteiger partial charge in [-0.3, -0.25) is 5.43 Å². The number of hydrazone groups is 1. The number of benzene rings is 2. The van der Waals surface area contributed by atoms with Crippen molar-refractivity contribution in [3.8, 4) is 11.5 Å². The van der Waals surface area contributed by atoms with Crippen molar-refractivity contribution < 1.29 is 9.47 Å². The topological polar surface area (TPSA) is 54.9 Å². The molecular formula is C19H22IN3O2S. The first-order valence-electron chi connectivity index (χ1n) is 8.33. The molecule has 0 saturated carbocycles. The molecule has 2 aromatic carbocycles. The zero-order valence-corrected chi connectivity index (χ0v) is 17.8. The van der Waals surface area contributed by atoms with Gasteiger partial charge in [-0.2, -0.15) is 5.10 Å². The Morgan fingerprint density at radius 2 is 1.88 bits per heavy atom. The smallest absolute Gasteiger partial charge is 0.186 e. The summed E-state index contributed by atoms with van der Waals surface area (Å²) in [6.07, 6.45) is 1.69. The molecular weight excluding hydrogens is 461 g/mol. The van der Waals surface area contributed by atoms with E-state index in [4.69, 9.17) is 21.7 Å². The van der Waals surface area contributed by atoms with Gasteiger partial charge < -0.3 is 14.8 Å². The lowest BCUT2D eigenvalue weighted by Crippen LogP contribution is -2.31. The van der Waals surface area contributed by atoms with Gasteiger partial charge in [0.05, 0.1) is 12.8 Å². The van der Waals surface area contributed by atoms with E-state index in [0.29, 0.717) is 29.8 Å². The van der Waals surface area contributed by atoms with E-state index >= 15 is 0 Å². The Kier molecular flexibility index (Phi) is 8.63. The summed E-state index contributed by atoms with van der Waals surface area (Å²) in [5.41, 5.74) is 4.77. The van der Waals surface area contributed by atoms with Crippen LogP contribution in [-0.2, 0) is 6.61 Å². The highest BCUT2D eigenvalue weighted by Crippen LogP contribution is 2.29. The Labute approximate surface area is 173 Å². The summed E-state index contributed by atoms with van der Waals surface area (Å²) in [5.74, 6) is 1.40. The van der Waals surface area contributed by atoms with Crippen molar-refractivity contribution in [3.63, 3.8) is 0 Å². The highest BCUT2D eigenvalue weighted by atomic mass is 127. The third-order valence-corrected chi connectivity index (χ3v) is 4.25. The molecule has 0 radical (unpaired) electrons. The number of hydrogen-bond acceptors (Lipinski definition) is 4. The third-order valence-electron chi connectivity index (χ3n) is 3.29. The second-order valence-corrected chi connectivity index (χ2v) is 6.94. The second-order valence-electron chi connectivity index (χ2n) is 5.28. The van der Waals surface area contributed by atoms with Crippen LogP contribution in [0, 0.1) is 3.57 Å². The fourth-order valence-corrected chi connectivity index (χ4v) is 2.66. The molecule has 0 unspecified atom stereocenters. The highest BCUT2D eigenvalue weighted by molar-refractivity contribution is 14.1. The normalized spacial score (nSPS) is 10.6. The molecule has 26 heavy (non-hydrogen) atoms. The van der Waals surface area contributed by atoms with Gasteiger partial charge in [0, 0.05) is 10.1 Å². The van der Waals surface area contributed by atoms with Crippen LogP contribution in [0.5, 0.6) is 11.5 Å². The van der Waals surface area contributed by atoms with Crippen molar-refractivity contribution in [2.45, 2.75) is 20.5 Å². The highest BCUT2D eigenvalue weighted by Gasteiger charge is 2.06. The van der Waals surface area contributed by atoms with Crippen molar-refractivity contribution in [3.05, 3.63) is 57.2 Å². The lowest BCUT2D eigenvalue weighted by atomic mass is 10.2. The average molecular weight is 483 g/mol. The molecule has 5 nitrogen and oxygen atoms in total. The van der Waals surface area contributed by atoms with Gasteiger partial charge in [0.25, 0.3) is 0 Å². The number of rotatable bonds is 8. The van der Waals surface area contributed by atoms with Gasteiger partial charge in [-0.15, -0.1) is 0 Å². The van der Waals surface area contributed by atoms with Crippen LogP contribution >= 0.6 is 34.8 Å². The van der Waals surface area contributed by atoms with E-state index in [2.05, 4.69) is 62.7 Å². The predicted octanol–water partition coefficient (Wildman–Crippen LogP) is 4.09. The molecule has 0 saturated heterocycles. The molecule has 0 aliphatic carbocycles. The fourth-order valence-electron chi connectivity index (χ4n) is 2.10.